The van der Waals surface area contributed by atoms with Crippen LogP contribution < -0.4 is 0 Å². The normalized spacial score (nSPS) is 38.8. The van der Waals surface area contributed by atoms with Crippen LogP contribution in [0.3, 0.4) is 0 Å². The molecule has 10 atom stereocenters. The van der Waals surface area contributed by atoms with Crippen LogP contribution in [0.15, 0.2) is 41.5 Å². The first-order chi connectivity index (χ1) is 20.9. The second kappa shape index (κ2) is 11.2. The fourth-order valence-electron chi connectivity index (χ4n) is 8.81. The standard InChI is InChI=1S/C33H42O12/c1-16-21(42-17(2)34)14-32(30(5,6)40)24(16)25(38)27(44-29(39)20-11-9-8-10-12-20)31(7)23(43-18(3)35)13-22(37)33(45-19(4)36)15-41-28(32)26(31)33/h8-12,21-23,25-28,37-38,40H,13-15H2,1-7H3/t21-,22+,23-,25+,26-,27-,28-,31+,32+,33-/m0/s1. The summed E-state index contributed by atoms with van der Waals surface area (Å²) in [7, 11) is 0. The van der Waals surface area contributed by atoms with E-state index >= 15 is 0 Å². The summed E-state index contributed by atoms with van der Waals surface area (Å²) in [5.74, 6) is -3.89. The van der Waals surface area contributed by atoms with Crippen LogP contribution in [0.2, 0.25) is 0 Å². The molecule has 12 heteroatoms. The minimum Gasteiger partial charge on any atom is -0.462 e. The molecule has 2 saturated carbocycles. The molecule has 45 heavy (non-hydrogen) atoms. The molecule has 246 valence electrons. The smallest absolute Gasteiger partial charge is 0.338 e. The Morgan fingerprint density at radius 2 is 1.58 bits per heavy atom. The number of aliphatic hydroxyl groups excluding tert-OH is 2. The third-order valence-corrected chi connectivity index (χ3v) is 10.5. The summed E-state index contributed by atoms with van der Waals surface area (Å²) in [6.07, 6.45) is -7.97. The molecule has 0 amide bonds. The second-order valence-electron chi connectivity index (χ2n) is 13.5. The minimum atomic E-state index is -1.75. The van der Waals surface area contributed by atoms with Crippen LogP contribution in [0.5, 0.6) is 0 Å². The summed E-state index contributed by atoms with van der Waals surface area (Å²) in [5, 5.41) is 36.3. The van der Waals surface area contributed by atoms with Crippen molar-refractivity contribution >= 4 is 23.9 Å². The number of ether oxygens (including phenoxy) is 5. The minimum absolute atomic E-state index is 0.0324. The summed E-state index contributed by atoms with van der Waals surface area (Å²) in [6.45, 7) is 9.73. The number of rotatable bonds is 6. The van der Waals surface area contributed by atoms with Crippen molar-refractivity contribution in [2.24, 2.45) is 16.7 Å². The average molecular weight is 631 g/mol. The van der Waals surface area contributed by atoms with Gasteiger partial charge < -0.3 is 39.0 Å². The number of hydrogen-bond acceptors (Lipinski definition) is 12. The first kappa shape index (κ1) is 33.1. The second-order valence-corrected chi connectivity index (χ2v) is 13.5. The highest BCUT2D eigenvalue weighted by atomic mass is 16.6. The molecule has 3 N–H and O–H groups in total. The summed E-state index contributed by atoms with van der Waals surface area (Å²) in [4.78, 5) is 51.1. The van der Waals surface area contributed by atoms with Gasteiger partial charge in [-0.25, -0.2) is 4.79 Å². The van der Waals surface area contributed by atoms with Crippen molar-refractivity contribution in [1.29, 1.82) is 0 Å². The van der Waals surface area contributed by atoms with Crippen LogP contribution in [0, 0.1) is 16.7 Å². The van der Waals surface area contributed by atoms with Crippen LogP contribution in [0.1, 0.15) is 71.7 Å². The predicted octanol–water partition coefficient (Wildman–Crippen LogP) is 2.02. The van der Waals surface area contributed by atoms with Crippen molar-refractivity contribution in [2.75, 3.05) is 6.61 Å². The third kappa shape index (κ3) is 4.88. The molecule has 1 aliphatic heterocycles. The summed E-state index contributed by atoms with van der Waals surface area (Å²) in [6, 6.07) is 8.12. The van der Waals surface area contributed by atoms with Crippen LogP contribution in [-0.4, -0.2) is 93.6 Å². The Balaban J connectivity index is 1.84. The zero-order valence-corrected chi connectivity index (χ0v) is 26.6. The molecule has 1 aromatic carbocycles. The maximum absolute atomic E-state index is 13.7. The maximum Gasteiger partial charge on any atom is 0.338 e. The highest BCUT2D eigenvalue weighted by Crippen LogP contribution is 2.69. The molecule has 4 aliphatic rings. The lowest BCUT2D eigenvalue weighted by molar-refractivity contribution is -0.252. The van der Waals surface area contributed by atoms with Crippen molar-refractivity contribution in [3.05, 3.63) is 47.0 Å². The van der Waals surface area contributed by atoms with Crippen LogP contribution >= 0.6 is 0 Å². The SMILES string of the molecule is CC(=O)O[C@H]1C[C@@]2(C(C)(C)O)C(=C1C)[C@@H](O)[C@H](OC(=O)c1ccccc1)[C@]1(C)[C@@H](OC(C)=O)C[C@@H](O)[C@@]3(OC(C)=O)CO[C@H]2[C@H]31. The van der Waals surface area contributed by atoms with E-state index in [1.54, 1.807) is 44.2 Å². The highest BCUT2D eigenvalue weighted by Gasteiger charge is 2.80. The van der Waals surface area contributed by atoms with Gasteiger partial charge in [0.2, 0.25) is 0 Å². The Morgan fingerprint density at radius 1 is 0.956 bits per heavy atom. The van der Waals surface area contributed by atoms with E-state index in [2.05, 4.69) is 0 Å². The quantitative estimate of drug-likeness (QED) is 0.237. The molecule has 3 aliphatic carbocycles. The van der Waals surface area contributed by atoms with E-state index in [-0.39, 0.29) is 30.6 Å². The van der Waals surface area contributed by atoms with E-state index in [0.717, 1.165) is 0 Å². The molecule has 12 nitrogen and oxygen atoms in total. The summed E-state index contributed by atoms with van der Waals surface area (Å²) in [5.41, 5.74) is -5.65. The number of aliphatic hydroxyl groups is 3. The summed E-state index contributed by atoms with van der Waals surface area (Å²) < 4.78 is 30.2. The van der Waals surface area contributed by atoms with E-state index in [9.17, 15) is 34.5 Å². The van der Waals surface area contributed by atoms with Crippen LogP contribution in [0.4, 0.5) is 0 Å². The van der Waals surface area contributed by atoms with Crippen molar-refractivity contribution in [3.8, 4) is 0 Å². The Hall–Kier alpha value is -3.32. The Kier molecular flexibility index (Phi) is 8.21. The number of fused-ring (bicyclic) bond motifs is 2. The van der Waals surface area contributed by atoms with Gasteiger partial charge >= 0.3 is 23.9 Å². The molecule has 0 bridgehead atoms. The van der Waals surface area contributed by atoms with Gasteiger partial charge in [-0.1, -0.05) is 25.1 Å². The van der Waals surface area contributed by atoms with Gasteiger partial charge in [-0.3, -0.25) is 14.4 Å². The van der Waals surface area contributed by atoms with E-state index in [0.29, 0.717) is 5.57 Å². The topological polar surface area (TPSA) is 175 Å². The zero-order valence-electron chi connectivity index (χ0n) is 26.6. The monoisotopic (exact) mass is 630 g/mol. The van der Waals surface area contributed by atoms with Crippen molar-refractivity contribution in [3.63, 3.8) is 0 Å². The molecule has 3 fully saturated rings. The largest absolute Gasteiger partial charge is 0.462 e. The zero-order chi connectivity index (χ0) is 33.3. The lowest BCUT2D eigenvalue weighted by Crippen LogP contribution is -2.70. The molecular formula is C33H42O12. The molecule has 5 rings (SSSR count). The molecule has 1 heterocycles. The molecule has 1 aromatic rings. The van der Waals surface area contributed by atoms with Gasteiger partial charge in [0.25, 0.3) is 0 Å². The Morgan fingerprint density at radius 3 is 2.13 bits per heavy atom. The molecular weight excluding hydrogens is 588 g/mol. The highest BCUT2D eigenvalue weighted by molar-refractivity contribution is 5.89. The van der Waals surface area contributed by atoms with E-state index < -0.39 is 88.5 Å². The van der Waals surface area contributed by atoms with Crippen molar-refractivity contribution in [2.45, 2.75) is 109 Å². The van der Waals surface area contributed by atoms with Gasteiger partial charge in [0.05, 0.1) is 34.7 Å². The van der Waals surface area contributed by atoms with Gasteiger partial charge in [-0.15, -0.1) is 0 Å². The van der Waals surface area contributed by atoms with Crippen LogP contribution in [-0.2, 0) is 38.1 Å². The number of benzene rings is 1. The molecule has 0 unspecified atom stereocenters. The lowest BCUT2D eigenvalue weighted by atomic mass is 9.52. The predicted molar refractivity (Wildman–Crippen MR) is 155 cm³/mol. The molecule has 0 radical (unpaired) electrons. The van der Waals surface area contributed by atoms with Gasteiger partial charge in [-0.05, 0) is 44.1 Å². The first-order valence-electron chi connectivity index (χ1n) is 15.1. The van der Waals surface area contributed by atoms with E-state index in [1.165, 1.54) is 34.6 Å². The average Bonchev–Trinajstić information content (AvgIpc) is 3.44. The van der Waals surface area contributed by atoms with Gasteiger partial charge in [0.1, 0.15) is 30.5 Å². The van der Waals surface area contributed by atoms with Crippen molar-refractivity contribution < 1.29 is 58.2 Å². The van der Waals surface area contributed by atoms with E-state index in [4.69, 9.17) is 23.7 Å². The first-order valence-corrected chi connectivity index (χ1v) is 15.1. The van der Waals surface area contributed by atoms with Crippen molar-refractivity contribution in [1.82, 2.24) is 0 Å². The fraction of sp³-hybridized carbons (Fsp3) is 0.636. The van der Waals surface area contributed by atoms with Gasteiger partial charge in [-0.2, -0.15) is 0 Å². The van der Waals surface area contributed by atoms with Gasteiger partial charge in [0, 0.05) is 39.5 Å². The Labute approximate surface area is 261 Å². The summed E-state index contributed by atoms with van der Waals surface area (Å²) >= 11 is 0. The number of carbonyl (C=O) groups excluding carboxylic acids is 4. The number of hydrogen-bond donors (Lipinski definition) is 3. The third-order valence-electron chi connectivity index (χ3n) is 10.5. The Bertz CT molecular complexity index is 1410. The number of carbonyl (C=O) groups is 4. The maximum atomic E-state index is 13.7. The van der Waals surface area contributed by atoms with Crippen LogP contribution in [0.25, 0.3) is 0 Å². The number of esters is 4. The fourth-order valence-corrected chi connectivity index (χ4v) is 8.81. The van der Waals surface area contributed by atoms with Gasteiger partial charge in [0.15, 0.2) is 5.60 Å². The molecule has 0 aromatic heterocycles. The van der Waals surface area contributed by atoms with E-state index in [1.807, 2.05) is 0 Å². The lowest BCUT2D eigenvalue weighted by Gasteiger charge is -2.57. The molecule has 1 saturated heterocycles. The molecule has 0 spiro atoms.